The standard InChI is InChI=1S/C17H18N2O3/c1-12-4-2-6-14(8-12)17(22)18-10-16(21)19-15-7-3-5-13(9-15)11-20/h2-9,20H,10-11H2,1H3,(H,18,22)(H,19,21). The highest BCUT2D eigenvalue weighted by atomic mass is 16.3. The first-order valence-electron chi connectivity index (χ1n) is 6.93. The molecular weight excluding hydrogens is 280 g/mol. The van der Waals surface area contributed by atoms with Gasteiger partial charge in [-0.2, -0.15) is 0 Å². The lowest BCUT2D eigenvalue weighted by molar-refractivity contribution is -0.115. The first kappa shape index (κ1) is 15.7. The summed E-state index contributed by atoms with van der Waals surface area (Å²) in [7, 11) is 0. The molecule has 0 fully saturated rings. The van der Waals surface area contributed by atoms with Crippen molar-refractivity contribution >= 4 is 17.5 Å². The van der Waals surface area contributed by atoms with E-state index in [4.69, 9.17) is 5.11 Å². The van der Waals surface area contributed by atoms with Gasteiger partial charge in [0.1, 0.15) is 0 Å². The summed E-state index contributed by atoms with van der Waals surface area (Å²) in [6, 6.07) is 14.1. The van der Waals surface area contributed by atoms with Crippen LogP contribution in [0.5, 0.6) is 0 Å². The Morgan fingerprint density at radius 3 is 2.59 bits per heavy atom. The number of hydrogen-bond acceptors (Lipinski definition) is 3. The van der Waals surface area contributed by atoms with Crippen molar-refractivity contribution in [1.82, 2.24) is 5.32 Å². The number of carbonyl (C=O) groups excluding carboxylic acids is 2. The Bertz CT molecular complexity index is 683. The molecule has 0 spiro atoms. The lowest BCUT2D eigenvalue weighted by Crippen LogP contribution is -2.32. The van der Waals surface area contributed by atoms with E-state index in [1.165, 1.54) is 0 Å². The Hall–Kier alpha value is -2.66. The zero-order valence-electron chi connectivity index (χ0n) is 12.3. The second-order valence-electron chi connectivity index (χ2n) is 4.96. The average Bonchev–Trinajstić information content (AvgIpc) is 2.52. The number of benzene rings is 2. The third kappa shape index (κ3) is 4.43. The fourth-order valence-electron chi connectivity index (χ4n) is 2.00. The van der Waals surface area contributed by atoms with Gasteiger partial charge in [0.15, 0.2) is 0 Å². The molecule has 3 N–H and O–H groups in total. The SMILES string of the molecule is Cc1cccc(C(=O)NCC(=O)Nc2cccc(CO)c2)c1. The predicted molar refractivity (Wildman–Crippen MR) is 84.5 cm³/mol. The molecule has 0 aliphatic heterocycles. The van der Waals surface area contributed by atoms with E-state index >= 15 is 0 Å². The zero-order valence-corrected chi connectivity index (χ0v) is 12.3. The molecule has 0 aliphatic carbocycles. The quantitative estimate of drug-likeness (QED) is 0.788. The lowest BCUT2D eigenvalue weighted by Gasteiger charge is -2.08. The smallest absolute Gasteiger partial charge is 0.251 e. The molecule has 0 aliphatic rings. The molecule has 0 bridgehead atoms. The minimum absolute atomic E-state index is 0.0895. The van der Waals surface area contributed by atoms with E-state index in [1.54, 1.807) is 42.5 Å². The summed E-state index contributed by atoms with van der Waals surface area (Å²) in [4.78, 5) is 23.8. The van der Waals surface area contributed by atoms with Gasteiger partial charge in [-0.3, -0.25) is 9.59 Å². The molecule has 0 heterocycles. The van der Waals surface area contributed by atoms with Crippen LogP contribution in [-0.4, -0.2) is 23.5 Å². The van der Waals surface area contributed by atoms with Crippen LogP contribution < -0.4 is 10.6 Å². The highest BCUT2D eigenvalue weighted by molar-refractivity contribution is 5.99. The molecule has 2 amide bonds. The van der Waals surface area contributed by atoms with Crippen LogP contribution in [0.3, 0.4) is 0 Å². The van der Waals surface area contributed by atoms with Gasteiger partial charge >= 0.3 is 0 Å². The number of rotatable bonds is 5. The minimum atomic E-state index is -0.323. The summed E-state index contributed by atoms with van der Waals surface area (Å²) in [5.74, 6) is -0.612. The van der Waals surface area contributed by atoms with Crippen molar-refractivity contribution in [2.75, 3.05) is 11.9 Å². The summed E-state index contributed by atoms with van der Waals surface area (Å²) in [6.07, 6.45) is 0. The first-order chi connectivity index (χ1) is 10.6. The number of amides is 2. The van der Waals surface area contributed by atoms with Crippen LogP contribution in [0.4, 0.5) is 5.69 Å². The molecule has 0 radical (unpaired) electrons. The average molecular weight is 298 g/mol. The third-order valence-corrected chi connectivity index (χ3v) is 3.08. The van der Waals surface area contributed by atoms with Crippen molar-refractivity contribution in [3.63, 3.8) is 0 Å². The van der Waals surface area contributed by atoms with Crippen molar-refractivity contribution in [2.24, 2.45) is 0 Å². The van der Waals surface area contributed by atoms with E-state index in [9.17, 15) is 9.59 Å². The Morgan fingerprint density at radius 1 is 1.09 bits per heavy atom. The van der Waals surface area contributed by atoms with E-state index in [0.29, 0.717) is 16.8 Å². The number of nitrogens with one attached hydrogen (secondary N) is 2. The minimum Gasteiger partial charge on any atom is -0.392 e. The van der Waals surface area contributed by atoms with Gasteiger partial charge in [-0.1, -0.05) is 29.8 Å². The summed E-state index contributed by atoms with van der Waals surface area (Å²) in [5.41, 5.74) is 2.80. The predicted octanol–water partition coefficient (Wildman–Crippen LogP) is 1.86. The number of anilines is 1. The molecule has 22 heavy (non-hydrogen) atoms. The molecule has 2 aromatic carbocycles. The van der Waals surface area contributed by atoms with Crippen LogP contribution in [0, 0.1) is 6.92 Å². The third-order valence-electron chi connectivity index (χ3n) is 3.08. The largest absolute Gasteiger partial charge is 0.392 e. The number of aliphatic hydroxyl groups excluding tert-OH is 1. The Balaban J connectivity index is 1.88. The Morgan fingerprint density at radius 2 is 1.86 bits per heavy atom. The lowest BCUT2D eigenvalue weighted by atomic mass is 10.1. The van der Waals surface area contributed by atoms with Gasteiger partial charge in [-0.05, 0) is 36.8 Å². The topological polar surface area (TPSA) is 78.4 Å². The number of aryl methyl sites for hydroxylation is 1. The van der Waals surface area contributed by atoms with E-state index < -0.39 is 0 Å². The molecule has 0 saturated heterocycles. The van der Waals surface area contributed by atoms with Crippen LogP contribution in [0.15, 0.2) is 48.5 Å². The van der Waals surface area contributed by atoms with Crippen molar-refractivity contribution in [1.29, 1.82) is 0 Å². The van der Waals surface area contributed by atoms with Crippen molar-refractivity contribution < 1.29 is 14.7 Å². The molecule has 114 valence electrons. The highest BCUT2D eigenvalue weighted by Gasteiger charge is 2.08. The molecule has 5 nitrogen and oxygen atoms in total. The van der Waals surface area contributed by atoms with Crippen LogP contribution in [-0.2, 0) is 11.4 Å². The first-order valence-corrected chi connectivity index (χ1v) is 6.93. The second kappa shape index (κ2) is 7.38. The summed E-state index contributed by atoms with van der Waals surface area (Å²) in [6.45, 7) is 1.70. The zero-order chi connectivity index (χ0) is 15.9. The maximum atomic E-state index is 11.9. The van der Waals surface area contributed by atoms with Crippen molar-refractivity contribution in [3.8, 4) is 0 Å². The van der Waals surface area contributed by atoms with Gasteiger partial charge in [0.25, 0.3) is 5.91 Å². The fraction of sp³-hybridized carbons (Fsp3) is 0.176. The summed E-state index contributed by atoms with van der Waals surface area (Å²) < 4.78 is 0. The van der Waals surface area contributed by atoms with Gasteiger partial charge in [-0.25, -0.2) is 0 Å². The van der Waals surface area contributed by atoms with E-state index in [0.717, 1.165) is 5.56 Å². The van der Waals surface area contributed by atoms with Gasteiger partial charge in [-0.15, -0.1) is 0 Å². The van der Waals surface area contributed by atoms with E-state index in [-0.39, 0.29) is 25.0 Å². The normalized spacial score (nSPS) is 10.1. The van der Waals surface area contributed by atoms with Gasteiger partial charge < -0.3 is 15.7 Å². The van der Waals surface area contributed by atoms with Crippen LogP contribution in [0.1, 0.15) is 21.5 Å². The maximum absolute atomic E-state index is 11.9. The van der Waals surface area contributed by atoms with Gasteiger partial charge in [0.05, 0.1) is 13.2 Å². The molecule has 0 unspecified atom stereocenters. The van der Waals surface area contributed by atoms with E-state index in [1.807, 2.05) is 13.0 Å². The Kier molecular flexibility index (Phi) is 5.27. The number of hydrogen-bond donors (Lipinski definition) is 3. The molecule has 2 aromatic rings. The van der Waals surface area contributed by atoms with Crippen LogP contribution >= 0.6 is 0 Å². The van der Waals surface area contributed by atoms with Crippen molar-refractivity contribution in [3.05, 3.63) is 65.2 Å². The van der Waals surface area contributed by atoms with E-state index in [2.05, 4.69) is 10.6 Å². The van der Waals surface area contributed by atoms with Gasteiger partial charge in [0.2, 0.25) is 5.91 Å². The number of carbonyl (C=O) groups is 2. The van der Waals surface area contributed by atoms with Gasteiger partial charge in [0, 0.05) is 11.3 Å². The summed E-state index contributed by atoms with van der Waals surface area (Å²) in [5, 5.41) is 14.3. The van der Waals surface area contributed by atoms with Crippen LogP contribution in [0.2, 0.25) is 0 Å². The second-order valence-corrected chi connectivity index (χ2v) is 4.96. The van der Waals surface area contributed by atoms with Crippen LogP contribution in [0.25, 0.3) is 0 Å². The Labute approximate surface area is 129 Å². The maximum Gasteiger partial charge on any atom is 0.251 e. The molecule has 5 heteroatoms. The number of aliphatic hydroxyl groups is 1. The fourth-order valence-corrected chi connectivity index (χ4v) is 2.00. The van der Waals surface area contributed by atoms with Crippen molar-refractivity contribution in [2.45, 2.75) is 13.5 Å². The molecule has 2 rings (SSSR count). The molecule has 0 atom stereocenters. The summed E-state index contributed by atoms with van der Waals surface area (Å²) >= 11 is 0. The highest BCUT2D eigenvalue weighted by Crippen LogP contribution is 2.10. The molecular formula is C17H18N2O3. The molecule has 0 saturated carbocycles. The molecule has 0 aromatic heterocycles. The monoisotopic (exact) mass is 298 g/mol.